The normalized spacial score (nSPS) is 15.8. The molecule has 118 valence electrons. The average Bonchev–Trinajstić information content (AvgIpc) is 2.67. The topological polar surface area (TPSA) is 47.4 Å². The van der Waals surface area contributed by atoms with Gasteiger partial charge in [-0.15, -0.1) is 0 Å². The molecule has 0 aliphatic carbocycles. The van der Waals surface area contributed by atoms with E-state index in [0.29, 0.717) is 13.1 Å². The lowest BCUT2D eigenvalue weighted by Gasteiger charge is -2.30. The summed E-state index contributed by atoms with van der Waals surface area (Å²) >= 11 is 0. The molecule has 2 heterocycles. The summed E-state index contributed by atoms with van der Waals surface area (Å²) in [7, 11) is 0. The Morgan fingerprint density at radius 1 is 1.29 bits per heavy atom. The summed E-state index contributed by atoms with van der Waals surface area (Å²) in [5, 5.41) is 0. The number of ether oxygens (including phenoxy) is 1. The van der Waals surface area contributed by atoms with Crippen molar-refractivity contribution in [2.45, 2.75) is 66.7 Å². The van der Waals surface area contributed by atoms with Crippen LogP contribution in [0.2, 0.25) is 0 Å². The van der Waals surface area contributed by atoms with Crippen molar-refractivity contribution in [2.75, 3.05) is 6.54 Å². The Labute approximate surface area is 127 Å². The Balaban J connectivity index is 2.07. The van der Waals surface area contributed by atoms with Crippen LogP contribution in [0.25, 0.3) is 0 Å². The van der Waals surface area contributed by atoms with Crippen molar-refractivity contribution >= 4 is 6.09 Å². The van der Waals surface area contributed by atoms with Crippen molar-refractivity contribution in [3.8, 4) is 0 Å². The lowest BCUT2D eigenvalue weighted by atomic mass is 9.96. The number of rotatable bonds is 1. The van der Waals surface area contributed by atoms with E-state index >= 15 is 0 Å². The average molecular weight is 293 g/mol. The molecule has 1 amide bonds. The third-order valence-corrected chi connectivity index (χ3v) is 3.29. The minimum atomic E-state index is -0.455. The summed E-state index contributed by atoms with van der Waals surface area (Å²) in [4.78, 5) is 18.3. The molecule has 0 saturated carbocycles. The molecule has 0 bridgehead atoms. The van der Waals surface area contributed by atoms with Crippen molar-refractivity contribution < 1.29 is 9.53 Å². The Morgan fingerprint density at radius 2 is 1.95 bits per heavy atom. The van der Waals surface area contributed by atoms with Gasteiger partial charge in [-0.25, -0.2) is 9.78 Å². The van der Waals surface area contributed by atoms with Gasteiger partial charge >= 0.3 is 6.09 Å². The zero-order chi connectivity index (χ0) is 15.8. The van der Waals surface area contributed by atoms with Crippen LogP contribution in [0.3, 0.4) is 0 Å². The van der Waals surface area contributed by atoms with Crippen LogP contribution in [0, 0.1) is 5.41 Å². The molecule has 0 spiro atoms. The summed E-state index contributed by atoms with van der Waals surface area (Å²) in [5.41, 5.74) is 2.01. The number of hydrogen-bond acceptors (Lipinski definition) is 3. The molecular weight excluding hydrogens is 266 g/mol. The fourth-order valence-electron chi connectivity index (χ4n) is 2.50. The summed E-state index contributed by atoms with van der Waals surface area (Å²) in [6.07, 6.45) is 2.48. The first-order valence-corrected chi connectivity index (χ1v) is 7.56. The minimum Gasteiger partial charge on any atom is -0.444 e. The molecule has 1 aromatic rings. The number of carbonyl (C=O) groups is 1. The van der Waals surface area contributed by atoms with E-state index in [1.165, 1.54) is 5.69 Å². The second kappa shape index (κ2) is 5.35. The number of imidazole rings is 1. The second-order valence-electron chi connectivity index (χ2n) is 7.98. The summed E-state index contributed by atoms with van der Waals surface area (Å²) in [6, 6.07) is 0. The fraction of sp³-hybridized carbons (Fsp3) is 0.750. The number of hydrogen-bond donors (Lipinski definition) is 0. The van der Waals surface area contributed by atoms with E-state index in [9.17, 15) is 4.79 Å². The van der Waals surface area contributed by atoms with Crippen LogP contribution in [0.1, 0.15) is 52.9 Å². The molecule has 2 rings (SSSR count). The molecule has 0 radical (unpaired) electrons. The molecule has 0 aromatic carbocycles. The monoisotopic (exact) mass is 293 g/mol. The molecule has 1 aliphatic rings. The van der Waals surface area contributed by atoms with E-state index in [1.54, 1.807) is 4.90 Å². The van der Waals surface area contributed by atoms with Gasteiger partial charge in [-0.2, -0.15) is 0 Å². The Hall–Kier alpha value is -1.52. The van der Waals surface area contributed by atoms with E-state index in [2.05, 4.69) is 30.3 Å². The van der Waals surface area contributed by atoms with Gasteiger partial charge < -0.3 is 14.2 Å². The minimum absolute atomic E-state index is 0.219. The molecule has 21 heavy (non-hydrogen) atoms. The molecule has 0 N–H and O–H groups in total. The van der Waals surface area contributed by atoms with E-state index < -0.39 is 5.60 Å². The van der Waals surface area contributed by atoms with Gasteiger partial charge in [0.15, 0.2) is 0 Å². The lowest BCUT2D eigenvalue weighted by molar-refractivity contribution is 0.0219. The number of fused-ring (bicyclic) bond motifs is 1. The zero-order valence-corrected chi connectivity index (χ0v) is 14.1. The van der Waals surface area contributed by atoms with E-state index in [0.717, 1.165) is 18.7 Å². The van der Waals surface area contributed by atoms with Gasteiger partial charge in [-0.1, -0.05) is 20.8 Å². The van der Waals surface area contributed by atoms with Crippen LogP contribution in [-0.4, -0.2) is 32.7 Å². The highest BCUT2D eigenvalue weighted by atomic mass is 16.6. The summed E-state index contributed by atoms with van der Waals surface area (Å²) in [5.74, 6) is 0. The molecule has 1 aliphatic heterocycles. The highest BCUT2D eigenvalue weighted by molar-refractivity contribution is 5.68. The molecule has 0 fully saturated rings. The molecule has 5 nitrogen and oxygen atoms in total. The van der Waals surface area contributed by atoms with Gasteiger partial charge in [0.1, 0.15) is 5.60 Å². The predicted octanol–water partition coefficient (Wildman–Crippen LogP) is 3.22. The van der Waals surface area contributed by atoms with Crippen molar-refractivity contribution in [1.82, 2.24) is 14.5 Å². The highest BCUT2D eigenvalue weighted by Crippen LogP contribution is 2.23. The number of aromatic nitrogens is 2. The van der Waals surface area contributed by atoms with Crippen LogP contribution in [-0.2, 0) is 24.2 Å². The smallest absolute Gasteiger partial charge is 0.410 e. The third-order valence-electron chi connectivity index (χ3n) is 3.29. The molecule has 5 heteroatoms. The number of carbonyl (C=O) groups excluding carboxylic acids is 1. The van der Waals surface area contributed by atoms with Crippen LogP contribution in [0.4, 0.5) is 4.79 Å². The Kier molecular flexibility index (Phi) is 4.04. The first kappa shape index (κ1) is 15.9. The second-order valence-corrected chi connectivity index (χ2v) is 7.98. The SMILES string of the molecule is CC(C)(C)Cn1cnc2c1CCN(C(=O)OC(C)(C)C)C2. The van der Waals surface area contributed by atoms with Gasteiger partial charge in [0, 0.05) is 25.2 Å². The summed E-state index contributed by atoms with van der Waals surface area (Å²) < 4.78 is 7.66. The lowest BCUT2D eigenvalue weighted by Crippen LogP contribution is -2.40. The molecule has 0 atom stereocenters. The van der Waals surface area contributed by atoms with Gasteiger partial charge in [0.05, 0.1) is 18.6 Å². The Bertz CT molecular complexity index is 521. The third kappa shape index (κ3) is 4.22. The predicted molar refractivity (Wildman–Crippen MR) is 82.0 cm³/mol. The quantitative estimate of drug-likeness (QED) is 0.798. The van der Waals surface area contributed by atoms with Crippen LogP contribution < -0.4 is 0 Å². The first-order chi connectivity index (χ1) is 9.55. The summed E-state index contributed by atoms with van der Waals surface area (Å²) in [6.45, 7) is 14.5. The van der Waals surface area contributed by atoms with Crippen LogP contribution in [0.5, 0.6) is 0 Å². The highest BCUT2D eigenvalue weighted by Gasteiger charge is 2.28. The maximum absolute atomic E-state index is 12.1. The molecular formula is C16H27N3O2. The maximum Gasteiger partial charge on any atom is 0.410 e. The van der Waals surface area contributed by atoms with Crippen molar-refractivity contribution in [2.24, 2.45) is 5.41 Å². The fourth-order valence-corrected chi connectivity index (χ4v) is 2.50. The molecule has 1 aromatic heterocycles. The number of amides is 1. The van der Waals surface area contributed by atoms with Crippen LogP contribution >= 0.6 is 0 Å². The maximum atomic E-state index is 12.1. The van der Waals surface area contributed by atoms with Crippen molar-refractivity contribution in [3.05, 3.63) is 17.7 Å². The van der Waals surface area contributed by atoms with Gasteiger partial charge in [0.2, 0.25) is 0 Å². The van der Waals surface area contributed by atoms with E-state index in [1.807, 2.05) is 27.1 Å². The molecule has 0 unspecified atom stereocenters. The molecule has 0 saturated heterocycles. The Morgan fingerprint density at radius 3 is 2.52 bits per heavy atom. The van der Waals surface area contributed by atoms with Gasteiger partial charge in [-0.3, -0.25) is 0 Å². The zero-order valence-electron chi connectivity index (χ0n) is 14.1. The van der Waals surface area contributed by atoms with Crippen molar-refractivity contribution in [3.63, 3.8) is 0 Å². The number of nitrogens with zero attached hydrogens (tertiary/aromatic N) is 3. The van der Waals surface area contributed by atoms with Gasteiger partial charge in [-0.05, 0) is 26.2 Å². The van der Waals surface area contributed by atoms with E-state index in [-0.39, 0.29) is 11.5 Å². The largest absolute Gasteiger partial charge is 0.444 e. The first-order valence-electron chi connectivity index (χ1n) is 7.56. The van der Waals surface area contributed by atoms with E-state index in [4.69, 9.17) is 4.74 Å². The van der Waals surface area contributed by atoms with Crippen molar-refractivity contribution in [1.29, 1.82) is 0 Å². The van der Waals surface area contributed by atoms with Crippen LogP contribution in [0.15, 0.2) is 6.33 Å². The van der Waals surface area contributed by atoms with Gasteiger partial charge in [0.25, 0.3) is 0 Å². The standard InChI is InChI=1S/C16H27N3O2/c1-15(2,3)10-19-11-17-12-9-18(8-7-13(12)19)14(20)21-16(4,5)6/h11H,7-10H2,1-6H3.